The third-order valence-corrected chi connectivity index (χ3v) is 15.9. The number of nitrogens with one attached hydrogen (secondary N) is 1. The first-order chi connectivity index (χ1) is 37.6. The highest BCUT2D eigenvalue weighted by Gasteiger charge is 2.51. The Morgan fingerprint density at radius 1 is 0.455 bits per heavy atom. The van der Waals surface area contributed by atoms with Crippen LogP contribution in [0.4, 0.5) is 0 Å². The van der Waals surface area contributed by atoms with Crippen LogP contribution < -0.4 is 5.32 Å². The number of allylic oxidation sites excluding steroid dienone is 3. The number of ether oxygens (including phenoxy) is 4. The van der Waals surface area contributed by atoms with E-state index in [0.717, 1.165) is 32.1 Å². The molecule has 14 heteroatoms. The van der Waals surface area contributed by atoms with Crippen LogP contribution in [0.25, 0.3) is 0 Å². The van der Waals surface area contributed by atoms with Gasteiger partial charge in [0.1, 0.15) is 48.8 Å². The molecule has 454 valence electrons. The van der Waals surface area contributed by atoms with Crippen molar-refractivity contribution in [1.29, 1.82) is 0 Å². The Hall–Kier alpha value is -1.53. The molecule has 0 aliphatic carbocycles. The molecule has 14 nitrogen and oxygen atoms in total. The van der Waals surface area contributed by atoms with Gasteiger partial charge in [-0.1, -0.05) is 263 Å². The van der Waals surface area contributed by atoms with Crippen molar-refractivity contribution < 1.29 is 64.6 Å². The van der Waals surface area contributed by atoms with E-state index in [0.29, 0.717) is 12.8 Å². The van der Waals surface area contributed by atoms with Crippen molar-refractivity contribution in [3.8, 4) is 0 Å². The van der Waals surface area contributed by atoms with Gasteiger partial charge >= 0.3 is 0 Å². The molecule has 77 heavy (non-hydrogen) atoms. The van der Waals surface area contributed by atoms with Gasteiger partial charge in [0.25, 0.3) is 0 Å². The fourth-order valence-corrected chi connectivity index (χ4v) is 10.7. The van der Waals surface area contributed by atoms with Gasteiger partial charge in [0.15, 0.2) is 12.6 Å². The Balaban J connectivity index is 1.65. The van der Waals surface area contributed by atoms with Crippen LogP contribution in [-0.4, -0.2) is 140 Å². The predicted octanol–water partition coefficient (Wildman–Crippen LogP) is 11.6. The molecule has 0 aromatic rings. The third-order valence-electron chi connectivity index (χ3n) is 15.9. The van der Waals surface area contributed by atoms with E-state index in [9.17, 15) is 45.6 Å². The highest BCUT2D eigenvalue weighted by molar-refractivity contribution is 5.76. The molecular weight excluding hydrogens is 979 g/mol. The summed E-state index contributed by atoms with van der Waals surface area (Å²) in [5.41, 5.74) is 0. The summed E-state index contributed by atoms with van der Waals surface area (Å²) in [5, 5.41) is 87.0. The summed E-state index contributed by atoms with van der Waals surface area (Å²) in [6.07, 6.45) is 42.5. The maximum atomic E-state index is 13.3. The molecule has 2 saturated heterocycles. The van der Waals surface area contributed by atoms with Crippen LogP contribution in [0, 0.1) is 0 Å². The molecule has 0 aromatic heterocycles. The number of amides is 1. The van der Waals surface area contributed by atoms with Gasteiger partial charge in [0, 0.05) is 6.42 Å². The molecule has 2 aliphatic heterocycles. The van der Waals surface area contributed by atoms with Crippen molar-refractivity contribution >= 4 is 5.91 Å². The number of hydrogen-bond acceptors (Lipinski definition) is 13. The number of rotatable bonds is 52. The monoisotopic (exact) mass is 1100 g/mol. The Bertz CT molecular complexity index is 1390. The van der Waals surface area contributed by atoms with Crippen molar-refractivity contribution in [1.82, 2.24) is 5.32 Å². The normalized spacial score (nSPS) is 24.8. The van der Waals surface area contributed by atoms with Crippen molar-refractivity contribution in [2.75, 3.05) is 19.8 Å². The van der Waals surface area contributed by atoms with Crippen LogP contribution in [-0.2, 0) is 23.7 Å². The molecule has 2 rings (SSSR count). The SMILES string of the molecule is CCCCCCCCC/C=C/CC/C=C/C(O)C(COC1OC(CO)C(OC2OC(CO)C(O)C(O)C2O)C(O)C1O)NC(=O)CCCCCCCCCCCCCCCCCCCCCCCCCCCCCCCC. The summed E-state index contributed by atoms with van der Waals surface area (Å²) >= 11 is 0. The molecule has 0 bridgehead atoms. The zero-order chi connectivity index (χ0) is 56.0. The minimum Gasteiger partial charge on any atom is -0.394 e. The number of hydrogen-bond donors (Lipinski definition) is 9. The lowest BCUT2D eigenvalue weighted by Gasteiger charge is -2.46. The topological polar surface area (TPSA) is 228 Å². The number of carbonyl (C=O) groups excluding carboxylic acids is 1. The molecule has 0 radical (unpaired) electrons. The Kier molecular flexibility index (Phi) is 45.7. The van der Waals surface area contributed by atoms with E-state index in [4.69, 9.17) is 18.9 Å². The quantitative estimate of drug-likeness (QED) is 0.0204. The minimum absolute atomic E-state index is 0.245. The van der Waals surface area contributed by atoms with Gasteiger partial charge in [-0.3, -0.25) is 4.79 Å². The van der Waals surface area contributed by atoms with E-state index in [2.05, 4.69) is 31.3 Å². The van der Waals surface area contributed by atoms with Crippen LogP contribution in [0.1, 0.15) is 277 Å². The van der Waals surface area contributed by atoms with E-state index < -0.39 is 86.8 Å². The average molecular weight is 1100 g/mol. The lowest BCUT2D eigenvalue weighted by atomic mass is 9.97. The largest absolute Gasteiger partial charge is 0.394 e. The van der Waals surface area contributed by atoms with E-state index in [1.54, 1.807) is 6.08 Å². The van der Waals surface area contributed by atoms with Crippen molar-refractivity contribution in [2.24, 2.45) is 0 Å². The first-order valence-electron chi connectivity index (χ1n) is 32.1. The van der Waals surface area contributed by atoms with Crippen molar-refractivity contribution in [2.45, 2.75) is 351 Å². The fourth-order valence-electron chi connectivity index (χ4n) is 10.7. The highest BCUT2D eigenvalue weighted by atomic mass is 16.7. The average Bonchev–Trinajstić information content (AvgIpc) is 3.44. The third kappa shape index (κ3) is 34.5. The number of aliphatic hydroxyl groups excluding tert-OH is 8. The molecule has 12 atom stereocenters. The maximum absolute atomic E-state index is 13.3. The van der Waals surface area contributed by atoms with E-state index in [-0.39, 0.29) is 18.9 Å². The highest BCUT2D eigenvalue weighted by Crippen LogP contribution is 2.30. The van der Waals surface area contributed by atoms with Gasteiger partial charge in [0.2, 0.25) is 5.91 Å². The molecule has 0 spiro atoms. The summed E-state index contributed by atoms with van der Waals surface area (Å²) in [4.78, 5) is 13.3. The standard InChI is InChI=1S/C63H119NO13/c1-3-5-7-9-11-13-15-17-18-19-20-21-22-23-24-25-26-27-28-29-30-31-32-33-35-37-39-41-43-45-47-55(68)64-51(52(67)46-44-42-40-38-36-34-16-14-12-10-8-6-4-2)50-74-62-60(73)58(71)61(54(49-66)76-62)77-63-59(72)57(70)56(69)53(48-65)75-63/h36,38,44,46,51-54,56-63,65-67,69-73H,3-35,37,39-43,45,47-50H2,1-2H3,(H,64,68)/b38-36+,46-44+. The smallest absolute Gasteiger partial charge is 0.220 e. The summed E-state index contributed by atoms with van der Waals surface area (Å²) in [6.45, 7) is 2.79. The Labute approximate surface area is 468 Å². The first kappa shape index (κ1) is 71.6. The molecule has 9 N–H and O–H groups in total. The molecule has 0 saturated carbocycles. The molecule has 2 heterocycles. The number of unbranched alkanes of at least 4 members (excludes halogenated alkanes) is 37. The summed E-state index contributed by atoms with van der Waals surface area (Å²) in [7, 11) is 0. The Morgan fingerprint density at radius 3 is 1.27 bits per heavy atom. The zero-order valence-corrected chi connectivity index (χ0v) is 49.0. The van der Waals surface area contributed by atoms with Crippen LogP contribution in [0.15, 0.2) is 24.3 Å². The van der Waals surface area contributed by atoms with Crippen LogP contribution in [0.5, 0.6) is 0 Å². The molecule has 2 fully saturated rings. The van der Waals surface area contributed by atoms with E-state index in [1.807, 2.05) is 6.08 Å². The number of carbonyl (C=O) groups is 1. The number of aliphatic hydroxyl groups is 8. The second-order valence-corrected chi connectivity index (χ2v) is 22.9. The van der Waals surface area contributed by atoms with Gasteiger partial charge in [-0.2, -0.15) is 0 Å². The zero-order valence-electron chi connectivity index (χ0n) is 49.0. The second kappa shape index (κ2) is 49.1. The van der Waals surface area contributed by atoms with Crippen LogP contribution >= 0.6 is 0 Å². The molecular formula is C63H119NO13. The maximum Gasteiger partial charge on any atom is 0.220 e. The lowest BCUT2D eigenvalue weighted by Crippen LogP contribution is -2.65. The van der Waals surface area contributed by atoms with Gasteiger partial charge in [-0.15, -0.1) is 0 Å². The summed E-state index contributed by atoms with van der Waals surface area (Å²) in [6, 6.07) is -0.927. The van der Waals surface area contributed by atoms with E-state index in [1.165, 1.54) is 212 Å². The summed E-state index contributed by atoms with van der Waals surface area (Å²) in [5.74, 6) is -0.245. The molecule has 2 aliphatic rings. The second-order valence-electron chi connectivity index (χ2n) is 22.9. The fraction of sp³-hybridized carbons (Fsp3) is 0.921. The van der Waals surface area contributed by atoms with Gasteiger partial charge in [-0.05, 0) is 32.1 Å². The van der Waals surface area contributed by atoms with Crippen LogP contribution in [0.3, 0.4) is 0 Å². The molecule has 1 amide bonds. The summed E-state index contributed by atoms with van der Waals surface area (Å²) < 4.78 is 22.8. The van der Waals surface area contributed by atoms with E-state index >= 15 is 0 Å². The van der Waals surface area contributed by atoms with Crippen LogP contribution in [0.2, 0.25) is 0 Å². The Morgan fingerprint density at radius 2 is 0.831 bits per heavy atom. The lowest BCUT2D eigenvalue weighted by molar-refractivity contribution is -0.359. The van der Waals surface area contributed by atoms with Gasteiger partial charge in [0.05, 0.1) is 32.0 Å². The first-order valence-corrected chi connectivity index (χ1v) is 32.1. The van der Waals surface area contributed by atoms with Gasteiger partial charge < -0.3 is 65.1 Å². The van der Waals surface area contributed by atoms with Crippen molar-refractivity contribution in [3.63, 3.8) is 0 Å². The predicted molar refractivity (Wildman–Crippen MR) is 309 cm³/mol. The van der Waals surface area contributed by atoms with Gasteiger partial charge in [-0.25, -0.2) is 0 Å². The van der Waals surface area contributed by atoms with Crippen molar-refractivity contribution in [3.05, 3.63) is 24.3 Å². The molecule has 0 aromatic carbocycles. The minimum atomic E-state index is -1.79. The molecule has 12 unspecified atom stereocenters.